The molecule has 0 unspecified atom stereocenters. The Bertz CT molecular complexity index is 674. The van der Waals surface area contributed by atoms with Crippen molar-refractivity contribution in [2.45, 2.75) is 31.3 Å². The maximum atomic E-state index is 12.5. The molecular weight excluding hydrogens is 302 g/mol. The molecule has 2 aliphatic heterocycles. The summed E-state index contributed by atoms with van der Waals surface area (Å²) in [4.78, 5) is 14.6. The number of para-hydroxylation sites is 1. The second kappa shape index (κ2) is 5.98. The minimum atomic E-state index is -3.20. The van der Waals surface area contributed by atoms with Gasteiger partial charge < -0.3 is 5.32 Å². The van der Waals surface area contributed by atoms with E-state index in [2.05, 4.69) is 14.9 Å². The molecule has 1 saturated heterocycles. The summed E-state index contributed by atoms with van der Waals surface area (Å²) >= 11 is 0. The lowest BCUT2D eigenvalue weighted by molar-refractivity contribution is -0.121. The smallest absolute Gasteiger partial charge is 0.241 e. The largest absolute Gasteiger partial charge is 0.324 e. The van der Waals surface area contributed by atoms with Crippen LogP contribution in [-0.4, -0.2) is 50.7 Å². The molecular formula is C15H21N3O3S. The molecule has 0 radical (unpaired) electrons. The van der Waals surface area contributed by atoms with Crippen LogP contribution in [-0.2, 0) is 21.2 Å². The first-order valence-electron chi connectivity index (χ1n) is 7.52. The van der Waals surface area contributed by atoms with E-state index in [4.69, 9.17) is 0 Å². The number of carbonyl (C=O) groups is 1. The van der Waals surface area contributed by atoms with E-state index < -0.39 is 10.0 Å². The molecule has 0 aromatic heterocycles. The van der Waals surface area contributed by atoms with Gasteiger partial charge in [-0.1, -0.05) is 18.2 Å². The van der Waals surface area contributed by atoms with Crippen molar-refractivity contribution in [2.75, 3.05) is 24.7 Å². The van der Waals surface area contributed by atoms with Gasteiger partial charge in [-0.05, 0) is 30.9 Å². The molecule has 2 aliphatic rings. The van der Waals surface area contributed by atoms with E-state index in [9.17, 15) is 13.2 Å². The monoisotopic (exact) mass is 323 g/mol. The molecule has 1 aromatic rings. The number of anilines is 1. The molecule has 1 aromatic carbocycles. The molecule has 1 amide bonds. The average molecular weight is 323 g/mol. The number of carbonyl (C=O) groups excluding carboxylic acids is 1. The second-order valence-electron chi connectivity index (χ2n) is 6.07. The zero-order valence-electron chi connectivity index (χ0n) is 12.6. The van der Waals surface area contributed by atoms with Crippen molar-refractivity contribution in [3.8, 4) is 0 Å². The topological polar surface area (TPSA) is 78.5 Å². The van der Waals surface area contributed by atoms with Crippen molar-refractivity contribution in [1.82, 2.24) is 9.62 Å². The number of hydrogen-bond donors (Lipinski definition) is 2. The van der Waals surface area contributed by atoms with Crippen LogP contribution in [0.4, 0.5) is 5.69 Å². The molecule has 3 rings (SSSR count). The van der Waals surface area contributed by atoms with Crippen molar-refractivity contribution in [2.24, 2.45) is 0 Å². The Balaban J connectivity index is 1.68. The molecule has 0 bridgehead atoms. The Morgan fingerprint density at radius 1 is 1.27 bits per heavy atom. The Morgan fingerprint density at radius 3 is 2.82 bits per heavy atom. The van der Waals surface area contributed by atoms with Gasteiger partial charge in [0.2, 0.25) is 15.9 Å². The van der Waals surface area contributed by atoms with Crippen LogP contribution in [0.5, 0.6) is 0 Å². The summed E-state index contributed by atoms with van der Waals surface area (Å²) in [5.41, 5.74) is 2.04. The van der Waals surface area contributed by atoms with E-state index in [0.717, 1.165) is 37.1 Å². The Kier molecular flexibility index (Phi) is 4.20. The van der Waals surface area contributed by atoms with Gasteiger partial charge in [0.15, 0.2) is 0 Å². The molecule has 0 spiro atoms. The zero-order chi connectivity index (χ0) is 15.7. The second-order valence-corrected chi connectivity index (χ2v) is 7.85. The number of hydrogen-bond acceptors (Lipinski definition) is 4. The van der Waals surface area contributed by atoms with Crippen molar-refractivity contribution in [1.29, 1.82) is 0 Å². The number of sulfonamides is 1. The van der Waals surface area contributed by atoms with Crippen molar-refractivity contribution in [3.05, 3.63) is 29.8 Å². The van der Waals surface area contributed by atoms with E-state index in [1.54, 1.807) is 0 Å². The predicted octanol–water partition coefficient (Wildman–Crippen LogP) is 0.563. The summed E-state index contributed by atoms with van der Waals surface area (Å²) < 4.78 is 25.3. The number of nitrogens with one attached hydrogen (secondary N) is 2. The maximum absolute atomic E-state index is 12.5. The van der Waals surface area contributed by atoms with Gasteiger partial charge in [0.25, 0.3) is 0 Å². The van der Waals surface area contributed by atoms with Gasteiger partial charge in [0.05, 0.1) is 12.3 Å². The first kappa shape index (κ1) is 15.5. The number of aryl methyl sites for hydroxylation is 1. The highest BCUT2D eigenvalue weighted by Gasteiger charge is 2.34. The summed E-state index contributed by atoms with van der Waals surface area (Å²) in [5, 5.41) is 2.99. The molecule has 0 aliphatic carbocycles. The normalized spacial score (nSPS) is 26.3. The molecule has 2 heterocycles. The minimum Gasteiger partial charge on any atom is -0.324 e. The quantitative estimate of drug-likeness (QED) is 0.852. The van der Waals surface area contributed by atoms with Gasteiger partial charge >= 0.3 is 0 Å². The Morgan fingerprint density at radius 2 is 2.05 bits per heavy atom. The van der Waals surface area contributed by atoms with Gasteiger partial charge in [0.1, 0.15) is 0 Å². The highest BCUT2D eigenvalue weighted by molar-refractivity contribution is 7.88. The fourth-order valence-electron chi connectivity index (χ4n) is 3.32. The van der Waals surface area contributed by atoms with E-state index in [1.807, 2.05) is 24.3 Å². The van der Waals surface area contributed by atoms with Crippen LogP contribution in [0.15, 0.2) is 24.3 Å². The highest BCUT2D eigenvalue weighted by atomic mass is 32.2. The Hall–Kier alpha value is -1.44. The molecule has 120 valence electrons. The summed E-state index contributed by atoms with van der Waals surface area (Å²) in [6.45, 7) is 1.32. The minimum absolute atomic E-state index is 0.00459. The van der Waals surface area contributed by atoms with Crippen LogP contribution in [0.3, 0.4) is 0 Å². The third-order valence-corrected chi connectivity index (χ3v) is 5.07. The summed E-state index contributed by atoms with van der Waals surface area (Å²) in [6, 6.07) is 7.56. The molecule has 0 saturated carbocycles. The van der Waals surface area contributed by atoms with Crippen LogP contribution in [0.1, 0.15) is 18.4 Å². The van der Waals surface area contributed by atoms with Crippen LogP contribution in [0, 0.1) is 0 Å². The van der Waals surface area contributed by atoms with Gasteiger partial charge in [-0.2, -0.15) is 0 Å². The molecule has 7 heteroatoms. The standard InChI is InChI=1S/C15H21N3O3S/c1-22(20,21)17-12-8-9-18(10-12)14-7-6-11-4-2-3-5-13(11)16-15(14)19/h2-5,12,14,17H,6-10H2,1H3,(H,16,19)/t12-,14-/m0/s1. The molecule has 22 heavy (non-hydrogen) atoms. The van der Waals surface area contributed by atoms with Crippen LogP contribution >= 0.6 is 0 Å². The number of rotatable bonds is 3. The first-order valence-corrected chi connectivity index (χ1v) is 9.41. The third kappa shape index (κ3) is 3.48. The van der Waals surface area contributed by atoms with Gasteiger partial charge in [-0.3, -0.25) is 9.69 Å². The number of nitrogens with zero attached hydrogens (tertiary/aromatic N) is 1. The zero-order valence-corrected chi connectivity index (χ0v) is 13.4. The Labute approximate surface area is 130 Å². The number of amides is 1. The highest BCUT2D eigenvalue weighted by Crippen LogP contribution is 2.25. The lowest BCUT2D eigenvalue weighted by Gasteiger charge is -2.25. The van der Waals surface area contributed by atoms with Crippen LogP contribution in [0.2, 0.25) is 0 Å². The number of likely N-dealkylation sites (tertiary alicyclic amines) is 1. The van der Waals surface area contributed by atoms with E-state index >= 15 is 0 Å². The van der Waals surface area contributed by atoms with Gasteiger partial charge in [-0.25, -0.2) is 13.1 Å². The SMILES string of the molecule is CS(=O)(=O)N[C@H]1CCN([C@H]2CCc3ccccc3NC2=O)C1. The molecule has 6 nitrogen and oxygen atoms in total. The van der Waals surface area contributed by atoms with E-state index in [1.165, 1.54) is 6.26 Å². The summed E-state index contributed by atoms with van der Waals surface area (Å²) in [6.07, 6.45) is 3.52. The van der Waals surface area contributed by atoms with Crippen molar-refractivity contribution < 1.29 is 13.2 Å². The summed E-state index contributed by atoms with van der Waals surface area (Å²) in [5.74, 6) is 0.00459. The first-order chi connectivity index (χ1) is 10.4. The molecule has 2 atom stereocenters. The van der Waals surface area contributed by atoms with E-state index in [0.29, 0.717) is 6.54 Å². The third-order valence-electron chi connectivity index (χ3n) is 4.31. The van der Waals surface area contributed by atoms with E-state index in [-0.39, 0.29) is 18.0 Å². The van der Waals surface area contributed by atoms with Gasteiger partial charge in [-0.15, -0.1) is 0 Å². The van der Waals surface area contributed by atoms with Gasteiger partial charge in [0, 0.05) is 24.8 Å². The fraction of sp³-hybridized carbons (Fsp3) is 0.533. The summed E-state index contributed by atoms with van der Waals surface area (Å²) in [7, 11) is -3.20. The van der Waals surface area contributed by atoms with Crippen LogP contribution < -0.4 is 10.0 Å². The lowest BCUT2D eigenvalue weighted by Crippen LogP contribution is -2.44. The maximum Gasteiger partial charge on any atom is 0.241 e. The van der Waals surface area contributed by atoms with Crippen LogP contribution in [0.25, 0.3) is 0 Å². The van der Waals surface area contributed by atoms with Crippen molar-refractivity contribution in [3.63, 3.8) is 0 Å². The molecule has 2 N–H and O–H groups in total. The average Bonchev–Trinajstić information content (AvgIpc) is 2.79. The predicted molar refractivity (Wildman–Crippen MR) is 85.1 cm³/mol. The fourth-order valence-corrected chi connectivity index (χ4v) is 4.12. The lowest BCUT2D eigenvalue weighted by atomic mass is 10.1. The van der Waals surface area contributed by atoms with Crippen molar-refractivity contribution >= 4 is 21.6 Å². The molecule has 1 fully saturated rings. The number of benzene rings is 1. The number of fused-ring (bicyclic) bond motifs is 1.